The summed E-state index contributed by atoms with van der Waals surface area (Å²) in [5, 5.41) is 3.88. The quantitative estimate of drug-likeness (QED) is 0.244. The number of hydrogen-bond donors (Lipinski definition) is 1. The van der Waals surface area contributed by atoms with Crippen LogP contribution in [-0.4, -0.2) is 51.5 Å². The van der Waals surface area contributed by atoms with E-state index in [1.807, 2.05) is 48.5 Å². The van der Waals surface area contributed by atoms with E-state index in [-0.39, 0.29) is 31.3 Å². The van der Waals surface area contributed by atoms with E-state index in [0.29, 0.717) is 6.42 Å². The predicted octanol–water partition coefficient (Wildman–Crippen LogP) is 4.14. The lowest BCUT2D eigenvalue weighted by Gasteiger charge is -2.40. The van der Waals surface area contributed by atoms with Gasteiger partial charge in [-0.3, -0.25) is 10.1 Å². The lowest BCUT2D eigenvalue weighted by Crippen LogP contribution is -2.53. The first-order chi connectivity index (χ1) is 17.9. The fourth-order valence-corrected chi connectivity index (χ4v) is 4.86. The highest BCUT2D eigenvalue weighted by Gasteiger charge is 2.43. The number of Topliss-reactive ketones (excluding diaryl/α,β-unsaturated/α-hetero) is 1. The third-order valence-electron chi connectivity index (χ3n) is 6.71. The molecule has 3 aromatic rings. The third-order valence-corrected chi connectivity index (χ3v) is 6.71. The van der Waals surface area contributed by atoms with Crippen LogP contribution in [0.15, 0.2) is 84.9 Å². The molecule has 0 saturated carbocycles. The SMILES string of the molecule is [B]C1CC(NC(c2ccccc2)(c2ccccc2)c2ccc(OC)cc2)C(COC(=O)CCC(C)=O)O1. The minimum Gasteiger partial charge on any atom is -0.497 e. The second-order valence-electron chi connectivity index (χ2n) is 9.30. The molecule has 0 spiro atoms. The highest BCUT2D eigenvalue weighted by atomic mass is 16.6. The summed E-state index contributed by atoms with van der Waals surface area (Å²) in [6, 6.07) is 27.7. The predicted molar refractivity (Wildman–Crippen MR) is 143 cm³/mol. The maximum atomic E-state index is 12.2. The average molecular weight is 497 g/mol. The lowest BCUT2D eigenvalue weighted by atomic mass is 9.76. The van der Waals surface area contributed by atoms with E-state index in [1.165, 1.54) is 6.92 Å². The lowest BCUT2D eigenvalue weighted by molar-refractivity contribution is -0.148. The first-order valence-corrected chi connectivity index (χ1v) is 12.5. The van der Waals surface area contributed by atoms with E-state index in [2.05, 4.69) is 41.7 Å². The first-order valence-electron chi connectivity index (χ1n) is 12.5. The zero-order valence-electron chi connectivity index (χ0n) is 21.3. The first kappa shape index (κ1) is 26.6. The van der Waals surface area contributed by atoms with Gasteiger partial charge in [-0.15, -0.1) is 0 Å². The standard InChI is InChI=1S/C30H32BNO5/c1-21(33)13-18-29(34)36-20-27-26(19-28(31)37-27)32-30(22-9-5-3-6-10-22,23-11-7-4-8-12-23)24-14-16-25(35-2)17-15-24/h3-12,14-17,26-28,32H,13,18-20H2,1-2H3. The van der Waals surface area contributed by atoms with Crippen LogP contribution in [0.5, 0.6) is 5.75 Å². The number of nitrogens with one attached hydrogen (secondary N) is 1. The maximum Gasteiger partial charge on any atom is 0.306 e. The number of benzene rings is 3. The van der Waals surface area contributed by atoms with Crippen LogP contribution >= 0.6 is 0 Å². The van der Waals surface area contributed by atoms with Crippen molar-refractivity contribution in [2.24, 2.45) is 0 Å². The Labute approximate surface area is 219 Å². The number of carbonyl (C=O) groups excluding carboxylic acids is 2. The van der Waals surface area contributed by atoms with E-state index in [1.54, 1.807) is 7.11 Å². The number of ether oxygens (including phenoxy) is 3. The molecule has 0 aliphatic carbocycles. The van der Waals surface area contributed by atoms with Crippen molar-refractivity contribution in [2.75, 3.05) is 13.7 Å². The number of hydrogen-bond acceptors (Lipinski definition) is 6. The topological polar surface area (TPSA) is 73.9 Å². The van der Waals surface area contributed by atoms with Crippen molar-refractivity contribution >= 4 is 19.6 Å². The molecule has 1 saturated heterocycles. The van der Waals surface area contributed by atoms with Gasteiger partial charge in [0.15, 0.2) is 0 Å². The van der Waals surface area contributed by atoms with Crippen molar-refractivity contribution in [2.45, 2.75) is 49.9 Å². The molecule has 3 atom stereocenters. The fraction of sp³-hybridized carbons (Fsp3) is 0.333. The normalized spacial score (nSPS) is 19.4. The fourth-order valence-electron chi connectivity index (χ4n) is 4.86. The molecule has 6 nitrogen and oxygen atoms in total. The number of esters is 1. The zero-order chi connectivity index (χ0) is 26.3. The molecule has 7 heteroatoms. The molecule has 1 heterocycles. The molecule has 4 rings (SSSR count). The van der Waals surface area contributed by atoms with E-state index < -0.39 is 23.6 Å². The van der Waals surface area contributed by atoms with Gasteiger partial charge in [-0.05, 0) is 42.2 Å². The summed E-state index contributed by atoms with van der Waals surface area (Å²) >= 11 is 0. The molecule has 2 radical (unpaired) electrons. The van der Waals surface area contributed by atoms with Gasteiger partial charge in [0.05, 0.1) is 19.1 Å². The van der Waals surface area contributed by atoms with Crippen LogP contribution in [0.3, 0.4) is 0 Å². The van der Waals surface area contributed by atoms with Crippen molar-refractivity contribution < 1.29 is 23.8 Å². The van der Waals surface area contributed by atoms with Crippen molar-refractivity contribution in [1.82, 2.24) is 5.32 Å². The van der Waals surface area contributed by atoms with Crippen molar-refractivity contribution in [3.8, 4) is 5.75 Å². The number of rotatable bonds is 11. The van der Waals surface area contributed by atoms with Crippen LogP contribution in [0.25, 0.3) is 0 Å². The van der Waals surface area contributed by atoms with E-state index in [4.69, 9.17) is 22.1 Å². The monoisotopic (exact) mass is 497 g/mol. The Morgan fingerprint density at radius 1 is 0.919 bits per heavy atom. The van der Waals surface area contributed by atoms with Crippen LogP contribution < -0.4 is 10.1 Å². The van der Waals surface area contributed by atoms with Gasteiger partial charge in [0.1, 0.15) is 32.1 Å². The molecule has 0 aromatic heterocycles. The number of methoxy groups -OCH3 is 1. The minimum atomic E-state index is -0.746. The van der Waals surface area contributed by atoms with Gasteiger partial charge in [0.2, 0.25) is 0 Å². The Bertz CT molecular complexity index is 1130. The summed E-state index contributed by atoms with van der Waals surface area (Å²) in [6.45, 7) is 1.50. The summed E-state index contributed by atoms with van der Waals surface area (Å²) in [5.41, 5.74) is 2.36. The molecular formula is C30H32BNO5. The minimum absolute atomic E-state index is 0.0460. The Balaban J connectivity index is 1.72. The summed E-state index contributed by atoms with van der Waals surface area (Å²) in [7, 11) is 7.88. The van der Waals surface area contributed by atoms with Crippen LogP contribution in [0.1, 0.15) is 42.9 Å². The third kappa shape index (κ3) is 6.30. The van der Waals surface area contributed by atoms with Crippen molar-refractivity contribution in [3.05, 3.63) is 102 Å². The molecule has 190 valence electrons. The number of ketones is 1. The molecule has 0 bridgehead atoms. The Morgan fingerprint density at radius 3 is 2.03 bits per heavy atom. The largest absolute Gasteiger partial charge is 0.497 e. The Hall–Kier alpha value is -3.42. The highest BCUT2D eigenvalue weighted by molar-refractivity contribution is 6.11. The van der Waals surface area contributed by atoms with Crippen molar-refractivity contribution in [1.29, 1.82) is 0 Å². The molecule has 1 N–H and O–H groups in total. The molecule has 3 aromatic carbocycles. The van der Waals surface area contributed by atoms with E-state index >= 15 is 0 Å². The smallest absolute Gasteiger partial charge is 0.306 e. The Morgan fingerprint density at radius 2 is 1.49 bits per heavy atom. The molecule has 1 aliphatic rings. The van der Waals surface area contributed by atoms with E-state index in [0.717, 1.165) is 22.4 Å². The van der Waals surface area contributed by atoms with Gasteiger partial charge < -0.3 is 19.0 Å². The van der Waals surface area contributed by atoms with Crippen LogP contribution in [0.4, 0.5) is 0 Å². The van der Waals surface area contributed by atoms with Crippen LogP contribution in [0, 0.1) is 0 Å². The second kappa shape index (κ2) is 12.2. The van der Waals surface area contributed by atoms with E-state index in [9.17, 15) is 9.59 Å². The average Bonchev–Trinajstić information content (AvgIpc) is 3.28. The summed E-state index contributed by atoms with van der Waals surface area (Å²) in [4.78, 5) is 23.4. The molecule has 3 unspecified atom stereocenters. The van der Waals surface area contributed by atoms with Crippen LogP contribution in [-0.2, 0) is 24.6 Å². The van der Waals surface area contributed by atoms with Gasteiger partial charge in [0, 0.05) is 18.5 Å². The van der Waals surface area contributed by atoms with Gasteiger partial charge >= 0.3 is 5.97 Å². The van der Waals surface area contributed by atoms with Gasteiger partial charge in [0.25, 0.3) is 0 Å². The summed E-state index contributed by atoms with van der Waals surface area (Å²) < 4.78 is 16.9. The Kier molecular flexibility index (Phi) is 8.80. The molecule has 37 heavy (non-hydrogen) atoms. The maximum absolute atomic E-state index is 12.2. The molecule has 1 aliphatic heterocycles. The van der Waals surface area contributed by atoms with Gasteiger partial charge in [-0.1, -0.05) is 72.8 Å². The summed E-state index contributed by atoms with van der Waals surface area (Å²) in [5.74, 6) is 0.288. The molecule has 1 fully saturated rings. The molecule has 0 amide bonds. The van der Waals surface area contributed by atoms with Gasteiger partial charge in [-0.25, -0.2) is 0 Å². The highest BCUT2D eigenvalue weighted by Crippen LogP contribution is 2.39. The zero-order valence-corrected chi connectivity index (χ0v) is 21.3. The number of carbonyl (C=O) groups is 2. The van der Waals surface area contributed by atoms with Crippen molar-refractivity contribution in [3.63, 3.8) is 0 Å². The van der Waals surface area contributed by atoms with Gasteiger partial charge in [-0.2, -0.15) is 0 Å². The second-order valence-corrected chi connectivity index (χ2v) is 9.30. The molecular weight excluding hydrogens is 465 g/mol. The summed E-state index contributed by atoms with van der Waals surface area (Å²) in [6.07, 6.45) is 0.290. The van der Waals surface area contributed by atoms with Crippen LogP contribution in [0.2, 0.25) is 0 Å².